The van der Waals surface area contributed by atoms with E-state index in [4.69, 9.17) is 5.73 Å². The van der Waals surface area contributed by atoms with Crippen molar-refractivity contribution in [3.05, 3.63) is 28.8 Å². The molecule has 4 N–H and O–H groups in total. The molecule has 1 atom stereocenters. The van der Waals surface area contributed by atoms with Crippen LogP contribution in [0.3, 0.4) is 0 Å². The van der Waals surface area contributed by atoms with Crippen LogP contribution in [0, 0.1) is 26.7 Å². The van der Waals surface area contributed by atoms with Crippen molar-refractivity contribution in [3.8, 4) is 0 Å². The fourth-order valence-corrected chi connectivity index (χ4v) is 2.15. The Morgan fingerprint density at radius 3 is 2.14 bits per heavy atom. The third-order valence-electron chi connectivity index (χ3n) is 3.39. The number of aryl methyl sites for hydroxylation is 3. The van der Waals surface area contributed by atoms with Crippen LogP contribution >= 0.6 is 0 Å². The Balaban J connectivity index is 2.61. The molecular weight excluding hydrogens is 266 g/mol. The highest BCUT2D eigenvalue weighted by molar-refractivity contribution is 5.96. The Hall–Kier alpha value is -1.88. The summed E-state index contributed by atoms with van der Waals surface area (Å²) in [5.74, 6) is -0.526. The number of amides is 2. The molecule has 0 unspecified atom stereocenters. The first kappa shape index (κ1) is 17.2. The van der Waals surface area contributed by atoms with Crippen molar-refractivity contribution < 1.29 is 9.59 Å². The number of carbonyl (C=O) groups is 2. The summed E-state index contributed by atoms with van der Waals surface area (Å²) in [6.45, 7) is 9.56. The van der Waals surface area contributed by atoms with E-state index in [1.54, 1.807) is 0 Å². The Bertz CT molecular complexity index is 515. The lowest BCUT2D eigenvalue weighted by Crippen LogP contribution is -2.46. The largest absolute Gasteiger partial charge is 0.346 e. The fraction of sp³-hybridized carbons (Fsp3) is 0.500. The van der Waals surface area contributed by atoms with Gasteiger partial charge in [0.15, 0.2) is 0 Å². The Morgan fingerprint density at radius 1 is 1.14 bits per heavy atom. The van der Waals surface area contributed by atoms with Crippen LogP contribution in [-0.2, 0) is 9.59 Å². The summed E-state index contributed by atoms with van der Waals surface area (Å²) >= 11 is 0. The smallest absolute Gasteiger partial charge is 0.243 e. The van der Waals surface area contributed by atoms with Crippen molar-refractivity contribution in [2.75, 3.05) is 11.9 Å². The summed E-state index contributed by atoms with van der Waals surface area (Å²) in [5.41, 5.74) is 9.68. The standard InChI is InChI=1S/C16H25N3O2/c1-9(2)14(17)16(21)18-8-13(20)19-15-11(4)6-10(3)7-12(15)5/h6-7,9,14H,8,17H2,1-5H3,(H,18,21)(H,19,20)/t14-/m0/s1. The summed E-state index contributed by atoms with van der Waals surface area (Å²) in [7, 11) is 0. The van der Waals surface area contributed by atoms with Gasteiger partial charge >= 0.3 is 0 Å². The zero-order chi connectivity index (χ0) is 16.2. The molecule has 0 fully saturated rings. The topological polar surface area (TPSA) is 84.2 Å². The molecule has 0 aliphatic carbocycles. The van der Waals surface area contributed by atoms with Crippen molar-refractivity contribution in [1.29, 1.82) is 0 Å². The molecule has 0 radical (unpaired) electrons. The van der Waals surface area contributed by atoms with E-state index in [1.165, 1.54) is 0 Å². The van der Waals surface area contributed by atoms with Crippen molar-refractivity contribution in [3.63, 3.8) is 0 Å². The fourth-order valence-electron chi connectivity index (χ4n) is 2.15. The van der Waals surface area contributed by atoms with Gasteiger partial charge in [0.1, 0.15) is 0 Å². The quantitative estimate of drug-likeness (QED) is 0.771. The molecule has 0 saturated heterocycles. The van der Waals surface area contributed by atoms with E-state index in [-0.39, 0.29) is 24.3 Å². The van der Waals surface area contributed by atoms with Gasteiger partial charge in [0.25, 0.3) is 0 Å². The number of benzene rings is 1. The minimum Gasteiger partial charge on any atom is -0.346 e. The van der Waals surface area contributed by atoms with Crippen molar-refractivity contribution in [1.82, 2.24) is 5.32 Å². The van der Waals surface area contributed by atoms with E-state index in [2.05, 4.69) is 10.6 Å². The molecule has 2 amide bonds. The van der Waals surface area contributed by atoms with E-state index < -0.39 is 6.04 Å². The molecule has 1 aromatic rings. The van der Waals surface area contributed by atoms with Gasteiger partial charge in [-0.25, -0.2) is 0 Å². The zero-order valence-electron chi connectivity index (χ0n) is 13.4. The lowest BCUT2D eigenvalue weighted by Gasteiger charge is -2.16. The highest BCUT2D eigenvalue weighted by atomic mass is 16.2. The number of nitrogens with two attached hydrogens (primary N) is 1. The van der Waals surface area contributed by atoms with Gasteiger partial charge in [-0.3, -0.25) is 9.59 Å². The third-order valence-corrected chi connectivity index (χ3v) is 3.39. The summed E-state index contributed by atoms with van der Waals surface area (Å²) in [6.07, 6.45) is 0. The molecule has 5 nitrogen and oxygen atoms in total. The highest BCUT2D eigenvalue weighted by Crippen LogP contribution is 2.21. The van der Waals surface area contributed by atoms with Gasteiger partial charge < -0.3 is 16.4 Å². The number of nitrogens with one attached hydrogen (secondary N) is 2. The second-order valence-electron chi connectivity index (χ2n) is 5.81. The maximum Gasteiger partial charge on any atom is 0.243 e. The molecule has 1 aromatic carbocycles. The Labute approximate surface area is 126 Å². The van der Waals surface area contributed by atoms with E-state index in [9.17, 15) is 9.59 Å². The summed E-state index contributed by atoms with van der Waals surface area (Å²) in [4.78, 5) is 23.6. The number of carbonyl (C=O) groups excluding carboxylic acids is 2. The van der Waals surface area contributed by atoms with Crippen LogP contribution in [0.2, 0.25) is 0 Å². The first-order valence-electron chi connectivity index (χ1n) is 7.13. The molecule has 21 heavy (non-hydrogen) atoms. The molecule has 0 spiro atoms. The van der Waals surface area contributed by atoms with Gasteiger partial charge in [0, 0.05) is 5.69 Å². The van der Waals surface area contributed by atoms with Gasteiger partial charge in [-0.05, 0) is 37.8 Å². The Kier molecular flexibility index (Phi) is 5.90. The maximum atomic E-state index is 11.9. The van der Waals surface area contributed by atoms with Crippen LogP contribution in [0.4, 0.5) is 5.69 Å². The summed E-state index contributed by atoms with van der Waals surface area (Å²) in [6, 6.07) is 3.42. The third kappa shape index (κ3) is 4.86. The molecule has 0 aliphatic rings. The number of hydrogen-bond acceptors (Lipinski definition) is 3. The molecular formula is C16H25N3O2. The molecule has 1 rings (SSSR count). The zero-order valence-corrected chi connectivity index (χ0v) is 13.4. The van der Waals surface area contributed by atoms with E-state index in [0.29, 0.717) is 0 Å². The van der Waals surface area contributed by atoms with Gasteiger partial charge in [-0.2, -0.15) is 0 Å². The second kappa shape index (κ2) is 7.22. The predicted octanol–water partition coefficient (Wildman–Crippen LogP) is 1.65. The van der Waals surface area contributed by atoms with Crippen LogP contribution in [0.5, 0.6) is 0 Å². The van der Waals surface area contributed by atoms with Gasteiger partial charge in [0.2, 0.25) is 11.8 Å². The summed E-state index contributed by atoms with van der Waals surface area (Å²) < 4.78 is 0. The Morgan fingerprint density at radius 2 is 1.67 bits per heavy atom. The van der Waals surface area contributed by atoms with E-state index in [0.717, 1.165) is 22.4 Å². The monoisotopic (exact) mass is 291 g/mol. The maximum absolute atomic E-state index is 11.9. The normalized spacial score (nSPS) is 12.1. The second-order valence-corrected chi connectivity index (χ2v) is 5.81. The minimum atomic E-state index is -0.597. The lowest BCUT2D eigenvalue weighted by molar-refractivity contribution is -0.125. The van der Waals surface area contributed by atoms with Crippen LogP contribution in [0.1, 0.15) is 30.5 Å². The molecule has 0 heterocycles. The SMILES string of the molecule is Cc1cc(C)c(NC(=O)CNC(=O)[C@@H](N)C(C)C)c(C)c1. The van der Waals surface area contributed by atoms with Gasteiger partial charge in [-0.1, -0.05) is 31.5 Å². The van der Waals surface area contributed by atoms with Crippen LogP contribution in [0.25, 0.3) is 0 Å². The summed E-state index contributed by atoms with van der Waals surface area (Å²) in [5, 5.41) is 5.39. The highest BCUT2D eigenvalue weighted by Gasteiger charge is 2.17. The van der Waals surface area contributed by atoms with Crippen molar-refractivity contribution >= 4 is 17.5 Å². The predicted molar refractivity (Wildman–Crippen MR) is 85.1 cm³/mol. The first-order valence-corrected chi connectivity index (χ1v) is 7.13. The molecule has 5 heteroatoms. The van der Waals surface area contributed by atoms with E-state index >= 15 is 0 Å². The minimum absolute atomic E-state index is 0.0367. The molecule has 0 aromatic heterocycles. The molecule has 0 saturated carbocycles. The molecule has 0 aliphatic heterocycles. The van der Waals surface area contributed by atoms with Crippen LogP contribution in [0.15, 0.2) is 12.1 Å². The first-order chi connectivity index (χ1) is 9.72. The molecule has 0 bridgehead atoms. The average Bonchev–Trinajstić information content (AvgIpc) is 2.39. The number of anilines is 1. The lowest BCUT2D eigenvalue weighted by atomic mass is 10.0. The van der Waals surface area contributed by atoms with E-state index in [1.807, 2.05) is 46.8 Å². The van der Waals surface area contributed by atoms with Crippen molar-refractivity contribution in [2.45, 2.75) is 40.7 Å². The van der Waals surface area contributed by atoms with Crippen LogP contribution in [-0.4, -0.2) is 24.4 Å². The molecule has 116 valence electrons. The van der Waals surface area contributed by atoms with Gasteiger partial charge in [0.05, 0.1) is 12.6 Å². The van der Waals surface area contributed by atoms with Gasteiger partial charge in [-0.15, -0.1) is 0 Å². The van der Waals surface area contributed by atoms with Crippen LogP contribution < -0.4 is 16.4 Å². The van der Waals surface area contributed by atoms with Crippen molar-refractivity contribution in [2.24, 2.45) is 11.7 Å². The average molecular weight is 291 g/mol. The number of hydrogen-bond donors (Lipinski definition) is 3. The number of rotatable bonds is 5.